The molecule has 6 N–H and O–H groups in total. The number of ether oxygens (including phenoxy) is 3. The predicted octanol–water partition coefficient (Wildman–Crippen LogP) is -0.454. The van der Waals surface area contributed by atoms with Crippen LogP contribution in [0.2, 0.25) is 0 Å². The van der Waals surface area contributed by atoms with E-state index in [4.69, 9.17) is 19.0 Å². The number of phenolic OH excluding ortho intramolecular Hbond substituents is 2. The zero-order valence-electron chi connectivity index (χ0n) is 28.4. The van der Waals surface area contributed by atoms with Crippen LogP contribution in [0.1, 0.15) is 94.5 Å². The number of Topliss-reactive ketones (excluding diaryl/α,β-unsaturated/α-hetero) is 1. The van der Waals surface area contributed by atoms with Crippen LogP contribution in [-0.2, 0) is 44.7 Å². The number of hydroxylamine groups is 2. The van der Waals surface area contributed by atoms with E-state index in [2.05, 4.69) is 5.32 Å². The minimum atomic E-state index is -2.39. The number of benzene rings is 2. The number of imide groups is 1. The van der Waals surface area contributed by atoms with Crippen molar-refractivity contribution < 1.29 is 78.1 Å². The van der Waals surface area contributed by atoms with Crippen molar-refractivity contribution in [3.05, 3.63) is 51.6 Å². The molecule has 2 fully saturated rings. The maximum Gasteiger partial charge on any atom is 0.333 e. The van der Waals surface area contributed by atoms with Gasteiger partial charge in [-0.1, -0.05) is 12.1 Å². The molecule has 6 rings (SSSR count). The Labute approximate surface area is 300 Å². The maximum atomic E-state index is 13.9. The van der Waals surface area contributed by atoms with Crippen LogP contribution in [-0.4, -0.2) is 115 Å². The van der Waals surface area contributed by atoms with Crippen LogP contribution >= 0.6 is 0 Å². The molecule has 0 aromatic heterocycles. The van der Waals surface area contributed by atoms with Gasteiger partial charge in [0.1, 0.15) is 35.6 Å². The molecule has 282 valence electrons. The number of hydrogen-bond acceptors (Lipinski definition) is 16. The molecule has 2 aromatic carbocycles. The molecule has 18 heteroatoms. The molecule has 3 amide bonds. The van der Waals surface area contributed by atoms with E-state index in [0.29, 0.717) is 5.06 Å². The first-order valence-electron chi connectivity index (χ1n) is 16.7. The molecule has 0 spiro atoms. The van der Waals surface area contributed by atoms with Crippen molar-refractivity contribution in [2.75, 3.05) is 13.7 Å². The summed E-state index contributed by atoms with van der Waals surface area (Å²) in [5.74, 6) is -7.42. The summed E-state index contributed by atoms with van der Waals surface area (Å²) in [7, 11) is 1.28. The summed E-state index contributed by atoms with van der Waals surface area (Å²) in [6.07, 6.45) is -7.94. The number of hydrogen-bond donors (Lipinski definition) is 6. The van der Waals surface area contributed by atoms with Gasteiger partial charge < -0.3 is 49.9 Å². The third kappa shape index (κ3) is 6.63. The maximum absolute atomic E-state index is 13.9. The number of phenols is 2. The summed E-state index contributed by atoms with van der Waals surface area (Å²) < 4.78 is 17.3. The fourth-order valence-corrected chi connectivity index (χ4v) is 7.16. The lowest BCUT2D eigenvalue weighted by Gasteiger charge is -2.43. The Bertz CT molecular complexity index is 1930. The fraction of sp³-hybridized carbons (Fsp3) is 0.457. The van der Waals surface area contributed by atoms with Gasteiger partial charge in [-0.05, 0) is 13.0 Å². The molecule has 0 radical (unpaired) electrons. The zero-order valence-corrected chi connectivity index (χ0v) is 28.4. The van der Waals surface area contributed by atoms with Gasteiger partial charge in [0.25, 0.3) is 11.8 Å². The highest BCUT2D eigenvalue weighted by Crippen LogP contribution is 2.52. The molecule has 1 unspecified atom stereocenters. The molecule has 2 saturated heterocycles. The highest BCUT2D eigenvalue weighted by atomic mass is 16.7. The Balaban J connectivity index is 1.26. The van der Waals surface area contributed by atoms with Gasteiger partial charge in [0, 0.05) is 55.2 Å². The van der Waals surface area contributed by atoms with E-state index in [1.54, 1.807) is 0 Å². The second kappa shape index (κ2) is 14.3. The van der Waals surface area contributed by atoms with Crippen molar-refractivity contribution in [1.82, 2.24) is 10.4 Å². The first-order chi connectivity index (χ1) is 25.1. The second-order valence-electron chi connectivity index (χ2n) is 13.2. The molecule has 4 aliphatic rings. The molecule has 2 aliphatic carbocycles. The Morgan fingerprint density at radius 1 is 1.00 bits per heavy atom. The van der Waals surface area contributed by atoms with Gasteiger partial charge in [-0.3, -0.25) is 28.8 Å². The van der Waals surface area contributed by atoms with E-state index < -0.39 is 132 Å². The number of nitrogens with zero attached hydrogens (tertiary/aromatic N) is 1. The average Bonchev–Trinajstić information content (AvgIpc) is 3.44. The third-order valence-electron chi connectivity index (χ3n) is 9.86. The molecular weight excluding hydrogens is 704 g/mol. The van der Waals surface area contributed by atoms with E-state index in [1.807, 2.05) is 0 Å². The van der Waals surface area contributed by atoms with Crippen LogP contribution in [0.5, 0.6) is 17.2 Å². The van der Waals surface area contributed by atoms with Gasteiger partial charge in [0.05, 0.1) is 48.5 Å². The van der Waals surface area contributed by atoms with E-state index in [9.17, 15) is 59.1 Å². The lowest BCUT2D eigenvalue weighted by Crippen LogP contribution is -2.56. The van der Waals surface area contributed by atoms with Crippen LogP contribution in [0.15, 0.2) is 18.2 Å². The van der Waals surface area contributed by atoms with Crippen LogP contribution < -0.4 is 10.1 Å². The molecule has 0 saturated carbocycles. The standard InChI is InChI=1S/C35H36N2O16/c1-14-30(44)17(36-21(40)6-9-24(43)53-37-22(41)7-8-23(37)42)10-25(51-14)52-19-12-35(49,20(39)13-38)11-16-27(19)34(48)29-28(32(16)46)31(45)15-4-3-5-18(50-2)26(15)33(29)47/h3-5,14,17,19,25,30,38,44,46,48-49H,6-13H2,1-2H3,(H,36,40)/t14-,17-,19-,25?,30+,35-/m0/s1. The Morgan fingerprint density at radius 3 is 2.34 bits per heavy atom. The lowest BCUT2D eigenvalue weighted by molar-refractivity contribution is -0.249. The quantitative estimate of drug-likeness (QED) is 0.113. The number of carbonyl (C=O) groups excluding carboxylic acids is 7. The predicted molar refractivity (Wildman–Crippen MR) is 172 cm³/mol. The van der Waals surface area contributed by atoms with Gasteiger partial charge in [0.2, 0.25) is 11.7 Å². The summed E-state index contributed by atoms with van der Waals surface area (Å²) >= 11 is 0. The van der Waals surface area contributed by atoms with E-state index >= 15 is 0 Å². The number of amides is 3. The molecule has 53 heavy (non-hydrogen) atoms. The van der Waals surface area contributed by atoms with Crippen LogP contribution in [0.25, 0.3) is 0 Å². The van der Waals surface area contributed by atoms with Crippen molar-refractivity contribution in [3.8, 4) is 17.2 Å². The van der Waals surface area contributed by atoms with Crippen LogP contribution in [0.4, 0.5) is 0 Å². The summed E-state index contributed by atoms with van der Waals surface area (Å²) in [6, 6.07) is 3.17. The summed E-state index contributed by atoms with van der Waals surface area (Å²) in [5, 5.41) is 58.1. The van der Waals surface area contributed by atoms with E-state index in [0.717, 1.165) is 0 Å². The number of ketones is 3. The van der Waals surface area contributed by atoms with Gasteiger partial charge in [0.15, 0.2) is 17.9 Å². The SMILES string of the molecule is COc1cccc2c1C(=O)c1c(O)c3c(c(O)c1C2=O)C[C@@](O)(C(=O)CO)C[C@@H]3OC1C[C@H](NC(=O)CCC(=O)ON2C(=O)CCC2=O)[C@H](O)[C@H](C)O1. The van der Waals surface area contributed by atoms with Gasteiger partial charge in [-0.2, -0.15) is 0 Å². The van der Waals surface area contributed by atoms with Gasteiger partial charge >= 0.3 is 5.97 Å². The van der Waals surface area contributed by atoms with E-state index in [1.165, 1.54) is 32.2 Å². The summed E-state index contributed by atoms with van der Waals surface area (Å²) in [6.45, 7) is 0.340. The average molecular weight is 741 g/mol. The first-order valence-corrected chi connectivity index (χ1v) is 16.7. The minimum absolute atomic E-state index is 0.0313. The van der Waals surface area contributed by atoms with Gasteiger partial charge in [-0.15, -0.1) is 5.06 Å². The number of methoxy groups -OCH3 is 1. The highest BCUT2D eigenvalue weighted by molar-refractivity contribution is 6.31. The molecule has 2 aromatic rings. The minimum Gasteiger partial charge on any atom is -0.507 e. The third-order valence-corrected chi connectivity index (χ3v) is 9.86. The molecule has 2 aliphatic heterocycles. The smallest absolute Gasteiger partial charge is 0.333 e. The van der Waals surface area contributed by atoms with Crippen molar-refractivity contribution in [2.24, 2.45) is 0 Å². The summed E-state index contributed by atoms with van der Waals surface area (Å²) in [4.78, 5) is 93.6. The largest absolute Gasteiger partial charge is 0.507 e. The van der Waals surface area contributed by atoms with Crippen molar-refractivity contribution in [1.29, 1.82) is 0 Å². The number of rotatable bonds is 10. The second-order valence-corrected chi connectivity index (χ2v) is 13.2. The monoisotopic (exact) mass is 740 g/mol. The number of aliphatic hydroxyl groups excluding tert-OH is 2. The van der Waals surface area contributed by atoms with Crippen molar-refractivity contribution in [3.63, 3.8) is 0 Å². The Hall–Kier alpha value is -5.27. The first kappa shape index (κ1) is 37.5. The number of aromatic hydroxyl groups is 2. The lowest BCUT2D eigenvalue weighted by atomic mass is 9.72. The molecular formula is C35H36N2O16. The topological polar surface area (TPSA) is 273 Å². The van der Waals surface area contributed by atoms with Crippen LogP contribution in [0.3, 0.4) is 0 Å². The van der Waals surface area contributed by atoms with Crippen molar-refractivity contribution in [2.45, 2.75) is 88.1 Å². The number of carbonyl (C=O) groups is 7. The number of nitrogens with one attached hydrogen (secondary N) is 1. The molecule has 18 nitrogen and oxygen atoms in total. The Morgan fingerprint density at radius 2 is 1.68 bits per heavy atom. The van der Waals surface area contributed by atoms with E-state index in [-0.39, 0.29) is 47.3 Å². The Kier molecular flexibility index (Phi) is 10.1. The molecule has 2 heterocycles. The number of fused-ring (bicyclic) bond motifs is 3. The zero-order chi connectivity index (χ0) is 38.5. The highest BCUT2D eigenvalue weighted by Gasteiger charge is 2.50. The molecule has 6 atom stereocenters. The van der Waals surface area contributed by atoms with Crippen LogP contribution in [0, 0.1) is 0 Å². The fourth-order valence-electron chi connectivity index (χ4n) is 7.16. The summed E-state index contributed by atoms with van der Waals surface area (Å²) in [5.41, 5.74) is -4.34. The normalized spacial score (nSPS) is 26.4. The number of aliphatic hydroxyl groups is 3. The molecule has 0 bridgehead atoms. The van der Waals surface area contributed by atoms with Crippen molar-refractivity contribution >= 4 is 41.0 Å². The van der Waals surface area contributed by atoms with Gasteiger partial charge in [-0.25, -0.2) is 4.79 Å².